The molecule has 1 aliphatic rings. The lowest BCUT2D eigenvalue weighted by molar-refractivity contribution is -0.385. The number of nitro groups is 1. The van der Waals surface area contributed by atoms with Gasteiger partial charge in [-0.2, -0.15) is 0 Å². The standard InChI is InChI=1S/C20H25N5O3.HI/c1-2-21-20(22-15-16-7-3-4-8-17(16)25(27)28)24-13-11-23(12-14-24)18-9-5-6-10-19(18)26;/h3-10,26H,2,11-15H2,1H3,(H,21,22);1H. The van der Waals surface area contributed by atoms with Crippen LogP contribution in [0.15, 0.2) is 53.5 Å². The van der Waals surface area contributed by atoms with Crippen molar-refractivity contribution in [1.82, 2.24) is 10.2 Å². The fraction of sp³-hybridized carbons (Fsp3) is 0.350. The molecule has 0 aliphatic carbocycles. The fourth-order valence-corrected chi connectivity index (χ4v) is 3.30. The van der Waals surface area contributed by atoms with Gasteiger partial charge in [-0.25, -0.2) is 4.99 Å². The Labute approximate surface area is 187 Å². The third kappa shape index (κ3) is 5.72. The molecule has 0 aromatic heterocycles. The van der Waals surface area contributed by atoms with Gasteiger partial charge in [0, 0.05) is 38.8 Å². The van der Waals surface area contributed by atoms with Crippen LogP contribution in [0.2, 0.25) is 0 Å². The number of para-hydroxylation sites is 3. The molecule has 2 aromatic rings. The molecular weight excluding hydrogens is 485 g/mol. The maximum absolute atomic E-state index is 11.2. The zero-order valence-corrected chi connectivity index (χ0v) is 18.7. The van der Waals surface area contributed by atoms with Gasteiger partial charge in [-0.05, 0) is 19.1 Å². The summed E-state index contributed by atoms with van der Waals surface area (Å²) in [5, 5.41) is 24.5. The number of aliphatic imine (C=N–C) groups is 1. The molecule has 0 amide bonds. The average molecular weight is 511 g/mol. The molecule has 0 atom stereocenters. The minimum atomic E-state index is -0.372. The van der Waals surface area contributed by atoms with Gasteiger partial charge in [-0.15, -0.1) is 24.0 Å². The second kappa shape index (κ2) is 10.8. The first-order valence-corrected chi connectivity index (χ1v) is 9.38. The van der Waals surface area contributed by atoms with Crippen LogP contribution in [0.1, 0.15) is 12.5 Å². The zero-order valence-electron chi connectivity index (χ0n) is 16.3. The van der Waals surface area contributed by atoms with E-state index >= 15 is 0 Å². The van der Waals surface area contributed by atoms with E-state index in [9.17, 15) is 15.2 Å². The van der Waals surface area contributed by atoms with Gasteiger partial charge in [0.1, 0.15) is 5.75 Å². The number of benzene rings is 2. The van der Waals surface area contributed by atoms with Gasteiger partial charge < -0.3 is 20.2 Å². The number of hydrogen-bond donors (Lipinski definition) is 2. The second-order valence-electron chi connectivity index (χ2n) is 6.52. The number of rotatable bonds is 5. The fourth-order valence-electron chi connectivity index (χ4n) is 3.30. The van der Waals surface area contributed by atoms with Crippen LogP contribution >= 0.6 is 24.0 Å². The number of aromatic hydroxyl groups is 1. The molecule has 8 nitrogen and oxygen atoms in total. The third-order valence-corrected chi connectivity index (χ3v) is 4.72. The Balaban J connectivity index is 0.00000300. The molecule has 2 N–H and O–H groups in total. The Kier molecular flexibility index (Phi) is 8.50. The molecule has 2 aromatic carbocycles. The van der Waals surface area contributed by atoms with E-state index in [2.05, 4.69) is 20.1 Å². The largest absolute Gasteiger partial charge is 0.506 e. The van der Waals surface area contributed by atoms with Crippen LogP contribution in [0.3, 0.4) is 0 Å². The van der Waals surface area contributed by atoms with Gasteiger partial charge in [0.05, 0.1) is 22.7 Å². The molecule has 9 heteroatoms. The normalized spacial score (nSPS) is 14.3. The highest BCUT2D eigenvalue weighted by Gasteiger charge is 2.21. The van der Waals surface area contributed by atoms with E-state index in [4.69, 9.17) is 0 Å². The minimum absolute atomic E-state index is 0. The van der Waals surface area contributed by atoms with Crippen LogP contribution in [-0.2, 0) is 6.54 Å². The summed E-state index contributed by atoms with van der Waals surface area (Å²) in [6.07, 6.45) is 0. The maximum atomic E-state index is 11.2. The van der Waals surface area contributed by atoms with Gasteiger partial charge >= 0.3 is 0 Å². The Morgan fingerprint density at radius 3 is 2.45 bits per heavy atom. The summed E-state index contributed by atoms with van der Waals surface area (Å²) in [6.45, 7) is 5.97. The van der Waals surface area contributed by atoms with Gasteiger partial charge in [0.15, 0.2) is 5.96 Å². The summed E-state index contributed by atoms with van der Waals surface area (Å²) in [4.78, 5) is 19.7. The lowest BCUT2D eigenvalue weighted by atomic mass is 10.2. The lowest BCUT2D eigenvalue weighted by Gasteiger charge is -2.37. The molecule has 0 unspecified atom stereocenters. The molecule has 1 heterocycles. The van der Waals surface area contributed by atoms with Crippen LogP contribution in [0.4, 0.5) is 11.4 Å². The van der Waals surface area contributed by atoms with Crippen LogP contribution in [0.5, 0.6) is 5.75 Å². The second-order valence-corrected chi connectivity index (χ2v) is 6.52. The zero-order chi connectivity index (χ0) is 19.9. The van der Waals surface area contributed by atoms with Crippen molar-refractivity contribution in [3.8, 4) is 5.75 Å². The first kappa shape index (κ1) is 22.7. The predicted octanol–water partition coefficient (Wildman–Crippen LogP) is 3.21. The number of anilines is 1. The Morgan fingerprint density at radius 2 is 1.79 bits per heavy atom. The summed E-state index contributed by atoms with van der Waals surface area (Å²) in [5.74, 6) is 1.03. The van der Waals surface area contributed by atoms with Crippen LogP contribution in [0.25, 0.3) is 0 Å². The number of halogens is 1. The number of phenols is 1. The molecule has 156 valence electrons. The Morgan fingerprint density at radius 1 is 1.14 bits per heavy atom. The number of piperazine rings is 1. The van der Waals surface area contributed by atoms with Gasteiger partial charge in [-0.1, -0.05) is 30.3 Å². The molecule has 0 bridgehead atoms. The van der Waals surface area contributed by atoms with Gasteiger partial charge in [-0.3, -0.25) is 10.1 Å². The molecular formula is C20H26IN5O3. The quantitative estimate of drug-likeness (QED) is 0.211. The van der Waals surface area contributed by atoms with E-state index in [1.807, 2.05) is 25.1 Å². The molecule has 3 rings (SSSR count). The van der Waals surface area contributed by atoms with Crippen molar-refractivity contribution in [2.75, 3.05) is 37.6 Å². The van der Waals surface area contributed by atoms with Crippen LogP contribution in [0, 0.1) is 10.1 Å². The molecule has 29 heavy (non-hydrogen) atoms. The van der Waals surface area contributed by atoms with E-state index in [1.54, 1.807) is 24.3 Å². The summed E-state index contributed by atoms with van der Waals surface area (Å²) in [7, 11) is 0. The molecule has 0 saturated carbocycles. The summed E-state index contributed by atoms with van der Waals surface area (Å²) in [6, 6.07) is 14.0. The highest BCUT2D eigenvalue weighted by Crippen LogP contribution is 2.27. The van der Waals surface area contributed by atoms with Crippen molar-refractivity contribution in [3.05, 3.63) is 64.2 Å². The number of hydrogen-bond acceptors (Lipinski definition) is 5. The molecule has 1 aliphatic heterocycles. The third-order valence-electron chi connectivity index (χ3n) is 4.72. The van der Waals surface area contributed by atoms with Crippen molar-refractivity contribution >= 4 is 41.3 Å². The van der Waals surface area contributed by atoms with Crippen molar-refractivity contribution < 1.29 is 10.0 Å². The number of guanidine groups is 1. The highest BCUT2D eigenvalue weighted by atomic mass is 127. The van der Waals surface area contributed by atoms with Crippen molar-refractivity contribution in [1.29, 1.82) is 0 Å². The van der Waals surface area contributed by atoms with Crippen molar-refractivity contribution in [2.24, 2.45) is 4.99 Å². The maximum Gasteiger partial charge on any atom is 0.274 e. The first-order chi connectivity index (χ1) is 13.6. The van der Waals surface area contributed by atoms with E-state index in [0.29, 0.717) is 5.56 Å². The Hall–Kier alpha value is -2.56. The Bertz CT molecular complexity index is 854. The summed E-state index contributed by atoms with van der Waals surface area (Å²) < 4.78 is 0. The molecule has 1 fully saturated rings. The molecule has 1 saturated heterocycles. The van der Waals surface area contributed by atoms with Crippen LogP contribution < -0.4 is 10.2 Å². The van der Waals surface area contributed by atoms with Gasteiger partial charge in [0.2, 0.25) is 0 Å². The number of nitrogens with one attached hydrogen (secondary N) is 1. The predicted molar refractivity (Wildman–Crippen MR) is 125 cm³/mol. The topological polar surface area (TPSA) is 94.2 Å². The smallest absolute Gasteiger partial charge is 0.274 e. The molecule has 0 radical (unpaired) electrons. The molecule has 0 spiro atoms. The van der Waals surface area contributed by atoms with Crippen molar-refractivity contribution in [2.45, 2.75) is 13.5 Å². The minimum Gasteiger partial charge on any atom is -0.506 e. The lowest BCUT2D eigenvalue weighted by Crippen LogP contribution is -2.52. The summed E-state index contributed by atoms with van der Waals surface area (Å²) in [5.41, 5.74) is 1.52. The van der Waals surface area contributed by atoms with E-state index in [-0.39, 0.29) is 46.9 Å². The average Bonchev–Trinajstić information content (AvgIpc) is 2.72. The monoisotopic (exact) mass is 511 g/mol. The highest BCUT2D eigenvalue weighted by molar-refractivity contribution is 14.0. The van der Waals surface area contributed by atoms with E-state index in [0.717, 1.165) is 44.4 Å². The van der Waals surface area contributed by atoms with E-state index < -0.39 is 0 Å². The SMILES string of the molecule is CCNC(=NCc1ccccc1[N+](=O)[O-])N1CCN(c2ccccc2O)CC1.I. The van der Waals surface area contributed by atoms with E-state index in [1.165, 1.54) is 6.07 Å². The number of nitrogens with zero attached hydrogens (tertiary/aromatic N) is 4. The van der Waals surface area contributed by atoms with Gasteiger partial charge in [0.25, 0.3) is 5.69 Å². The van der Waals surface area contributed by atoms with Crippen molar-refractivity contribution in [3.63, 3.8) is 0 Å². The number of phenolic OH excluding ortho intramolecular Hbond substituents is 1. The first-order valence-electron chi connectivity index (χ1n) is 9.38. The number of nitro benzene ring substituents is 1. The summed E-state index contributed by atoms with van der Waals surface area (Å²) >= 11 is 0. The van der Waals surface area contributed by atoms with Crippen LogP contribution in [-0.4, -0.2) is 53.6 Å².